The van der Waals surface area contributed by atoms with Crippen molar-refractivity contribution in [1.29, 1.82) is 0 Å². The van der Waals surface area contributed by atoms with Crippen molar-refractivity contribution in [2.45, 2.75) is 46.0 Å². The Hall–Kier alpha value is -2.17. The Morgan fingerprint density at radius 2 is 1.56 bits per heavy atom. The molecule has 2 aromatic rings. The molecule has 2 aromatic carbocycles. The van der Waals surface area contributed by atoms with Gasteiger partial charge >= 0.3 is 0 Å². The monoisotopic (exact) mass is 380 g/mol. The third-order valence-electron chi connectivity index (χ3n) is 5.26. The highest BCUT2D eigenvalue weighted by Gasteiger charge is 2.29. The van der Waals surface area contributed by atoms with Crippen LogP contribution in [0.25, 0.3) is 16.7 Å². The van der Waals surface area contributed by atoms with Crippen molar-refractivity contribution in [3.8, 4) is 11.1 Å². The molecule has 0 aromatic heterocycles. The Labute approximate surface area is 155 Å². The van der Waals surface area contributed by atoms with E-state index in [0.717, 1.165) is 25.3 Å². The van der Waals surface area contributed by atoms with E-state index in [4.69, 9.17) is 0 Å². The van der Waals surface area contributed by atoms with Gasteiger partial charge in [0.15, 0.2) is 23.3 Å². The Bertz CT molecular complexity index is 869. The van der Waals surface area contributed by atoms with Crippen molar-refractivity contribution >= 4 is 5.57 Å². The summed E-state index contributed by atoms with van der Waals surface area (Å²) in [5, 5.41) is 0. The highest BCUT2D eigenvalue weighted by molar-refractivity contribution is 5.73. The topological polar surface area (TPSA) is 0 Å². The summed E-state index contributed by atoms with van der Waals surface area (Å²) in [5.74, 6) is -6.12. The van der Waals surface area contributed by atoms with Crippen molar-refractivity contribution < 1.29 is 22.0 Å². The number of rotatable bonds is 4. The van der Waals surface area contributed by atoms with Gasteiger partial charge in [-0.05, 0) is 54.9 Å². The SMILES string of the molecule is CCCC1CC=C(c2c(F)c(F)c(-c3ccc(C)c(F)c3)c(F)c2F)CC1. The molecule has 0 amide bonds. The fraction of sp³-hybridized carbons (Fsp3) is 0.364. The van der Waals surface area contributed by atoms with Crippen LogP contribution in [0.15, 0.2) is 24.3 Å². The maximum Gasteiger partial charge on any atom is 0.170 e. The third-order valence-corrected chi connectivity index (χ3v) is 5.26. The molecular formula is C22H21F5. The van der Waals surface area contributed by atoms with Crippen LogP contribution in [0.1, 0.15) is 50.2 Å². The molecule has 27 heavy (non-hydrogen) atoms. The standard InChI is InChI=1S/C22H21F5/c1-3-4-13-6-9-14(10-7-13)17-19(24)21(26)18(22(27)20(17)25)15-8-5-12(2)16(23)11-15/h5,8-9,11,13H,3-4,6-7,10H2,1-2H3. The van der Waals surface area contributed by atoms with E-state index in [2.05, 4.69) is 6.92 Å². The van der Waals surface area contributed by atoms with Crippen molar-refractivity contribution in [1.82, 2.24) is 0 Å². The van der Waals surface area contributed by atoms with Crippen molar-refractivity contribution in [3.63, 3.8) is 0 Å². The van der Waals surface area contributed by atoms with E-state index in [1.54, 1.807) is 6.08 Å². The minimum absolute atomic E-state index is 0.238. The van der Waals surface area contributed by atoms with E-state index in [1.165, 1.54) is 19.1 Å². The van der Waals surface area contributed by atoms with Gasteiger partial charge in [0.1, 0.15) is 5.82 Å². The van der Waals surface area contributed by atoms with E-state index in [9.17, 15) is 22.0 Å². The molecule has 0 heterocycles. The van der Waals surface area contributed by atoms with Gasteiger partial charge in [-0.2, -0.15) is 0 Å². The van der Waals surface area contributed by atoms with Gasteiger partial charge in [0.25, 0.3) is 0 Å². The second kappa shape index (κ2) is 7.83. The fourth-order valence-electron chi connectivity index (χ4n) is 3.70. The lowest BCUT2D eigenvalue weighted by molar-refractivity contribution is 0.435. The van der Waals surface area contributed by atoms with Crippen LogP contribution in [0.5, 0.6) is 0 Å². The summed E-state index contributed by atoms with van der Waals surface area (Å²) in [6.45, 7) is 3.55. The average molecular weight is 380 g/mol. The van der Waals surface area contributed by atoms with E-state index >= 15 is 0 Å². The summed E-state index contributed by atoms with van der Waals surface area (Å²) in [6.07, 6.45) is 5.44. The van der Waals surface area contributed by atoms with Crippen molar-refractivity contribution in [3.05, 3.63) is 64.5 Å². The zero-order chi connectivity index (χ0) is 19.7. The van der Waals surface area contributed by atoms with E-state index in [0.29, 0.717) is 18.8 Å². The minimum atomic E-state index is -1.50. The molecule has 0 saturated carbocycles. The quantitative estimate of drug-likeness (QED) is 0.384. The van der Waals surface area contributed by atoms with Crippen LogP contribution in [0.2, 0.25) is 0 Å². The number of allylic oxidation sites excluding steroid dienone is 2. The predicted molar refractivity (Wildman–Crippen MR) is 96.6 cm³/mol. The lowest BCUT2D eigenvalue weighted by atomic mass is 9.83. The molecule has 0 bridgehead atoms. The van der Waals surface area contributed by atoms with Crippen LogP contribution in [0.4, 0.5) is 22.0 Å². The molecule has 3 rings (SSSR count). The summed E-state index contributed by atoms with van der Waals surface area (Å²) in [4.78, 5) is 0. The Balaban J connectivity index is 2.08. The molecule has 0 saturated heterocycles. The number of halogens is 5. The molecule has 0 spiro atoms. The van der Waals surface area contributed by atoms with Gasteiger partial charge in [0.2, 0.25) is 0 Å². The molecular weight excluding hydrogens is 359 g/mol. The van der Waals surface area contributed by atoms with Crippen LogP contribution in [0, 0.1) is 41.9 Å². The smallest absolute Gasteiger partial charge is 0.170 e. The fourth-order valence-corrected chi connectivity index (χ4v) is 3.70. The van der Waals surface area contributed by atoms with Gasteiger partial charge in [-0.3, -0.25) is 0 Å². The summed E-state index contributed by atoms with van der Waals surface area (Å²) in [5.41, 5.74) is -1.20. The lowest BCUT2D eigenvalue weighted by Crippen LogP contribution is -2.10. The predicted octanol–water partition coefficient (Wildman–Crippen LogP) is 7.34. The highest BCUT2D eigenvalue weighted by Crippen LogP contribution is 2.39. The molecule has 1 aliphatic carbocycles. The zero-order valence-corrected chi connectivity index (χ0v) is 15.3. The van der Waals surface area contributed by atoms with Crippen LogP contribution >= 0.6 is 0 Å². The summed E-state index contributed by atoms with van der Waals surface area (Å²) in [6, 6.07) is 3.43. The van der Waals surface area contributed by atoms with Crippen molar-refractivity contribution in [2.24, 2.45) is 5.92 Å². The van der Waals surface area contributed by atoms with Gasteiger partial charge in [-0.15, -0.1) is 0 Å². The maximum absolute atomic E-state index is 14.7. The molecule has 0 aliphatic heterocycles. The molecule has 0 N–H and O–H groups in total. The van der Waals surface area contributed by atoms with Gasteiger partial charge in [-0.25, -0.2) is 22.0 Å². The zero-order valence-electron chi connectivity index (χ0n) is 15.3. The number of aryl methyl sites for hydroxylation is 1. The second-order valence-corrected chi connectivity index (χ2v) is 7.13. The first kappa shape index (κ1) is 19.6. The number of hydrogen-bond donors (Lipinski definition) is 0. The molecule has 144 valence electrons. The van der Waals surface area contributed by atoms with E-state index in [-0.39, 0.29) is 16.7 Å². The van der Waals surface area contributed by atoms with Gasteiger partial charge in [0.05, 0.1) is 11.1 Å². The summed E-state index contributed by atoms with van der Waals surface area (Å²) < 4.78 is 72.4. The molecule has 0 nitrogen and oxygen atoms in total. The van der Waals surface area contributed by atoms with E-state index < -0.39 is 40.2 Å². The van der Waals surface area contributed by atoms with Crippen LogP contribution in [0.3, 0.4) is 0 Å². The first-order valence-corrected chi connectivity index (χ1v) is 9.17. The van der Waals surface area contributed by atoms with Crippen LogP contribution in [-0.2, 0) is 0 Å². The molecule has 1 unspecified atom stereocenters. The lowest BCUT2D eigenvalue weighted by Gasteiger charge is -2.23. The minimum Gasteiger partial charge on any atom is -0.207 e. The third kappa shape index (κ3) is 3.64. The molecule has 1 aliphatic rings. The molecule has 0 radical (unpaired) electrons. The summed E-state index contributed by atoms with van der Waals surface area (Å²) in [7, 11) is 0. The maximum atomic E-state index is 14.7. The van der Waals surface area contributed by atoms with Crippen LogP contribution in [-0.4, -0.2) is 0 Å². The average Bonchev–Trinajstić information content (AvgIpc) is 2.65. The normalized spacial score (nSPS) is 17.1. The number of hydrogen-bond acceptors (Lipinski definition) is 0. The van der Waals surface area contributed by atoms with Crippen molar-refractivity contribution in [2.75, 3.05) is 0 Å². The molecule has 0 fully saturated rings. The van der Waals surface area contributed by atoms with Gasteiger partial charge < -0.3 is 0 Å². The highest BCUT2D eigenvalue weighted by atomic mass is 19.2. The Kier molecular flexibility index (Phi) is 5.68. The van der Waals surface area contributed by atoms with Gasteiger partial charge in [-0.1, -0.05) is 38.0 Å². The second-order valence-electron chi connectivity index (χ2n) is 7.13. The number of benzene rings is 2. The Morgan fingerprint density at radius 3 is 2.07 bits per heavy atom. The molecule has 5 heteroatoms. The van der Waals surface area contributed by atoms with Crippen LogP contribution < -0.4 is 0 Å². The summed E-state index contributed by atoms with van der Waals surface area (Å²) >= 11 is 0. The molecule has 1 atom stereocenters. The largest absolute Gasteiger partial charge is 0.207 e. The van der Waals surface area contributed by atoms with Gasteiger partial charge in [0, 0.05) is 0 Å². The Morgan fingerprint density at radius 1 is 0.926 bits per heavy atom. The van der Waals surface area contributed by atoms with E-state index in [1.807, 2.05) is 0 Å². The first-order valence-electron chi connectivity index (χ1n) is 9.17. The first-order chi connectivity index (χ1) is 12.8.